The fourth-order valence-corrected chi connectivity index (χ4v) is 1.77. The van der Waals surface area contributed by atoms with Gasteiger partial charge in [-0.05, 0) is 12.8 Å². The Bertz CT molecular complexity index is 103. The Kier molecular flexibility index (Phi) is 0.852. The molecule has 2 aliphatic rings. The molecule has 1 aliphatic carbocycles. The van der Waals surface area contributed by atoms with Crippen LogP contribution < -0.4 is 5.32 Å². The van der Waals surface area contributed by atoms with Crippen molar-refractivity contribution in [1.29, 1.82) is 0 Å². The van der Waals surface area contributed by atoms with Gasteiger partial charge in [0.25, 0.3) is 0 Å². The van der Waals surface area contributed by atoms with Crippen LogP contribution in [0.4, 0.5) is 4.39 Å². The van der Waals surface area contributed by atoms with Gasteiger partial charge in [0, 0.05) is 18.5 Å². The zero-order valence-corrected chi connectivity index (χ0v) is 4.73. The Morgan fingerprint density at radius 2 is 2.25 bits per heavy atom. The Labute approximate surface area is 48.3 Å². The lowest BCUT2D eigenvalue weighted by molar-refractivity contribution is 0.242. The molecule has 2 bridgehead atoms. The van der Waals surface area contributed by atoms with E-state index in [2.05, 4.69) is 5.32 Å². The fourth-order valence-electron chi connectivity index (χ4n) is 1.77. The lowest BCUT2D eigenvalue weighted by Crippen LogP contribution is -2.30. The minimum absolute atomic E-state index is 0.361. The van der Waals surface area contributed by atoms with E-state index in [1.54, 1.807) is 0 Å². The van der Waals surface area contributed by atoms with Crippen LogP contribution in [0.25, 0.3) is 0 Å². The third-order valence-electron chi connectivity index (χ3n) is 2.28. The molecule has 1 heterocycles. The molecule has 1 aliphatic heterocycles. The second kappa shape index (κ2) is 1.44. The molecule has 8 heavy (non-hydrogen) atoms. The highest BCUT2D eigenvalue weighted by atomic mass is 19.1. The molecule has 1 N–H and O–H groups in total. The van der Waals surface area contributed by atoms with E-state index < -0.39 is 6.17 Å². The van der Waals surface area contributed by atoms with Crippen molar-refractivity contribution >= 4 is 0 Å². The monoisotopic (exact) mass is 115 g/mol. The first-order valence-corrected chi connectivity index (χ1v) is 3.24. The van der Waals surface area contributed by atoms with Crippen molar-refractivity contribution in [3.63, 3.8) is 0 Å². The van der Waals surface area contributed by atoms with E-state index in [9.17, 15) is 4.39 Å². The summed E-state index contributed by atoms with van der Waals surface area (Å²) in [5.74, 6) is 0.361. The van der Waals surface area contributed by atoms with Crippen molar-refractivity contribution in [2.45, 2.75) is 25.1 Å². The van der Waals surface area contributed by atoms with Crippen LogP contribution in [0.15, 0.2) is 0 Å². The second-order valence-corrected chi connectivity index (χ2v) is 2.85. The summed E-state index contributed by atoms with van der Waals surface area (Å²) in [5, 5.41) is 3.25. The number of hydrogen-bond donors (Lipinski definition) is 1. The van der Waals surface area contributed by atoms with Gasteiger partial charge < -0.3 is 5.32 Å². The highest BCUT2D eigenvalue weighted by molar-refractivity contribution is 4.95. The quantitative estimate of drug-likeness (QED) is 0.490. The number of hydrogen-bond acceptors (Lipinski definition) is 1. The molecule has 2 rings (SSSR count). The Morgan fingerprint density at radius 1 is 1.38 bits per heavy atom. The molecule has 2 heteroatoms. The molecule has 1 saturated carbocycles. The first-order chi connectivity index (χ1) is 3.86. The van der Waals surface area contributed by atoms with Crippen molar-refractivity contribution in [2.24, 2.45) is 5.92 Å². The van der Waals surface area contributed by atoms with Crippen LogP contribution in [0.1, 0.15) is 12.8 Å². The normalized spacial score (nSPS) is 52.9. The summed E-state index contributed by atoms with van der Waals surface area (Å²) in [4.78, 5) is 0. The van der Waals surface area contributed by atoms with Crippen molar-refractivity contribution in [1.82, 2.24) is 5.32 Å². The molecule has 1 saturated heterocycles. The van der Waals surface area contributed by atoms with Crippen LogP contribution >= 0.6 is 0 Å². The fraction of sp³-hybridized carbons (Fsp3) is 1.00. The van der Waals surface area contributed by atoms with Crippen molar-refractivity contribution in [3.8, 4) is 0 Å². The molecule has 0 aromatic heterocycles. The van der Waals surface area contributed by atoms with Gasteiger partial charge in [0.15, 0.2) is 0 Å². The van der Waals surface area contributed by atoms with Gasteiger partial charge in [-0.15, -0.1) is 0 Å². The molecule has 0 spiro atoms. The van der Waals surface area contributed by atoms with Gasteiger partial charge in [-0.2, -0.15) is 0 Å². The highest BCUT2D eigenvalue weighted by Crippen LogP contribution is 2.32. The van der Waals surface area contributed by atoms with E-state index in [1.165, 1.54) is 0 Å². The molecule has 0 aromatic rings. The zero-order valence-electron chi connectivity index (χ0n) is 4.73. The maximum absolute atomic E-state index is 12.6. The van der Waals surface area contributed by atoms with E-state index in [1.807, 2.05) is 0 Å². The third kappa shape index (κ3) is 0.494. The number of nitrogens with one attached hydrogen (secondary N) is 1. The predicted octanol–water partition coefficient (Wildman–Crippen LogP) is 0.706. The van der Waals surface area contributed by atoms with Gasteiger partial charge in [-0.25, -0.2) is 4.39 Å². The molecule has 0 radical (unpaired) electrons. The highest BCUT2D eigenvalue weighted by Gasteiger charge is 2.39. The maximum Gasteiger partial charge on any atom is 0.106 e. The number of alkyl halides is 1. The number of halogens is 1. The molecule has 1 nitrogen and oxygen atoms in total. The van der Waals surface area contributed by atoms with Crippen molar-refractivity contribution in [3.05, 3.63) is 0 Å². The minimum atomic E-state index is -0.485. The number of rotatable bonds is 0. The molecule has 46 valence electrons. The minimum Gasteiger partial charge on any atom is -0.313 e. The summed E-state index contributed by atoms with van der Waals surface area (Å²) in [6.07, 6.45) is 1.37. The summed E-state index contributed by atoms with van der Waals surface area (Å²) < 4.78 is 12.6. The first-order valence-electron chi connectivity index (χ1n) is 3.24. The largest absolute Gasteiger partial charge is 0.313 e. The Balaban J connectivity index is 2.11. The molecule has 0 aromatic carbocycles. The average Bonchev–Trinajstić information content (AvgIpc) is 2.23. The van der Waals surface area contributed by atoms with Gasteiger partial charge >= 0.3 is 0 Å². The summed E-state index contributed by atoms with van der Waals surface area (Å²) >= 11 is 0. The Hall–Kier alpha value is -0.110. The van der Waals surface area contributed by atoms with Gasteiger partial charge in [0.1, 0.15) is 6.17 Å². The van der Waals surface area contributed by atoms with Gasteiger partial charge in [0.05, 0.1) is 0 Å². The summed E-state index contributed by atoms with van der Waals surface area (Å²) in [5.41, 5.74) is 0. The molecular formula is C6H10FN. The molecule has 0 unspecified atom stereocenters. The summed E-state index contributed by atoms with van der Waals surface area (Å²) in [6.45, 7) is 0.922. The lowest BCUT2D eigenvalue weighted by atomic mass is 10.1. The van der Waals surface area contributed by atoms with Gasteiger partial charge in [-0.1, -0.05) is 0 Å². The average molecular weight is 115 g/mol. The van der Waals surface area contributed by atoms with Crippen molar-refractivity contribution < 1.29 is 4.39 Å². The molecular weight excluding hydrogens is 105 g/mol. The van der Waals surface area contributed by atoms with Crippen LogP contribution in [0, 0.1) is 5.92 Å². The van der Waals surface area contributed by atoms with Gasteiger partial charge in [0.2, 0.25) is 0 Å². The molecule has 3 atom stereocenters. The molecule has 2 fully saturated rings. The van der Waals surface area contributed by atoms with E-state index in [0.29, 0.717) is 12.0 Å². The summed E-state index contributed by atoms with van der Waals surface area (Å²) in [7, 11) is 0. The standard InChI is InChI=1S/C6H10FN/c7-6-2-5-1-4(6)3-8-5/h4-6,8H,1-3H2/t4-,5-,6-/m1/s1. The first kappa shape index (κ1) is 4.74. The lowest BCUT2D eigenvalue weighted by Gasteiger charge is -2.13. The van der Waals surface area contributed by atoms with E-state index in [4.69, 9.17) is 0 Å². The third-order valence-corrected chi connectivity index (χ3v) is 2.28. The van der Waals surface area contributed by atoms with Crippen LogP contribution in [0.2, 0.25) is 0 Å². The van der Waals surface area contributed by atoms with Crippen LogP contribution in [-0.2, 0) is 0 Å². The predicted molar refractivity (Wildman–Crippen MR) is 29.4 cm³/mol. The maximum atomic E-state index is 12.6. The van der Waals surface area contributed by atoms with E-state index >= 15 is 0 Å². The van der Waals surface area contributed by atoms with Crippen LogP contribution in [-0.4, -0.2) is 18.8 Å². The number of piperidine rings is 1. The second-order valence-electron chi connectivity index (χ2n) is 2.85. The molecule has 0 amide bonds. The SMILES string of the molecule is F[C@@H]1C[C@H]2C[C@@H]1CN2. The summed E-state index contributed by atoms with van der Waals surface area (Å²) in [6, 6.07) is 0.523. The van der Waals surface area contributed by atoms with Crippen molar-refractivity contribution in [2.75, 3.05) is 6.54 Å². The topological polar surface area (TPSA) is 12.0 Å². The number of fused-ring (bicyclic) bond motifs is 2. The Morgan fingerprint density at radius 3 is 2.50 bits per heavy atom. The van der Waals surface area contributed by atoms with Crippen LogP contribution in [0.3, 0.4) is 0 Å². The van der Waals surface area contributed by atoms with E-state index in [0.717, 1.165) is 19.4 Å². The smallest absolute Gasteiger partial charge is 0.106 e. The zero-order chi connectivity index (χ0) is 5.56. The van der Waals surface area contributed by atoms with Gasteiger partial charge in [-0.3, -0.25) is 0 Å². The van der Waals surface area contributed by atoms with E-state index in [-0.39, 0.29) is 0 Å². The van der Waals surface area contributed by atoms with Crippen LogP contribution in [0.5, 0.6) is 0 Å².